The van der Waals surface area contributed by atoms with Gasteiger partial charge in [0.25, 0.3) is 5.91 Å². The zero-order valence-electron chi connectivity index (χ0n) is 23.3. The number of hydrogen-bond donors (Lipinski definition) is 2. The van der Waals surface area contributed by atoms with Crippen molar-refractivity contribution < 1.29 is 43.3 Å². The molecule has 1 fully saturated rings. The van der Waals surface area contributed by atoms with Gasteiger partial charge in [0.2, 0.25) is 11.8 Å². The average Bonchev–Trinajstić information content (AvgIpc) is 3.42. The molecule has 2 heterocycles. The van der Waals surface area contributed by atoms with Gasteiger partial charge in [0.1, 0.15) is 6.04 Å². The number of piperazine rings is 1. The molecule has 42 heavy (non-hydrogen) atoms. The van der Waals surface area contributed by atoms with Gasteiger partial charge >= 0.3 is 18.0 Å². The summed E-state index contributed by atoms with van der Waals surface area (Å²) in [6.45, 7) is 4.00. The van der Waals surface area contributed by atoms with E-state index in [-0.39, 0.29) is 63.8 Å². The second-order valence-corrected chi connectivity index (χ2v) is 9.01. The normalized spacial score (nSPS) is 13.5. The molecule has 2 N–H and O–H groups in total. The van der Waals surface area contributed by atoms with Crippen LogP contribution in [0.2, 0.25) is 0 Å². The van der Waals surface area contributed by atoms with Crippen LogP contribution in [0, 0.1) is 11.3 Å². The van der Waals surface area contributed by atoms with Crippen molar-refractivity contribution in [2.75, 3.05) is 46.0 Å². The average molecular weight is 585 g/mol. The van der Waals surface area contributed by atoms with Crippen molar-refractivity contribution in [3.63, 3.8) is 0 Å². The van der Waals surface area contributed by atoms with Crippen LogP contribution in [0.5, 0.6) is 5.88 Å². The van der Waals surface area contributed by atoms with Crippen molar-refractivity contribution in [3.8, 4) is 17.6 Å². The highest BCUT2D eigenvalue weighted by molar-refractivity contribution is 5.96. The Morgan fingerprint density at radius 3 is 2.38 bits per heavy atom. The van der Waals surface area contributed by atoms with E-state index in [0.717, 1.165) is 0 Å². The summed E-state index contributed by atoms with van der Waals surface area (Å²) in [7, 11) is 0. The third-order valence-corrected chi connectivity index (χ3v) is 6.14. The minimum atomic E-state index is -1.20. The number of esters is 1. The second-order valence-electron chi connectivity index (χ2n) is 9.01. The van der Waals surface area contributed by atoms with E-state index in [1.54, 1.807) is 32.0 Å². The first-order valence-corrected chi connectivity index (χ1v) is 13.3. The summed E-state index contributed by atoms with van der Waals surface area (Å²) >= 11 is 0. The number of rotatable bonds is 12. The van der Waals surface area contributed by atoms with Crippen LogP contribution in [-0.2, 0) is 23.9 Å². The van der Waals surface area contributed by atoms with Gasteiger partial charge in [-0.15, -0.1) is 0 Å². The Labute approximate surface area is 241 Å². The van der Waals surface area contributed by atoms with Gasteiger partial charge in [0, 0.05) is 38.7 Å². The van der Waals surface area contributed by atoms with Crippen LogP contribution in [-0.4, -0.2) is 107 Å². The highest BCUT2D eigenvalue weighted by Crippen LogP contribution is 2.21. The topological polar surface area (TPSA) is 193 Å². The molecule has 1 aliphatic heterocycles. The molecule has 3 amide bonds. The Hall–Kier alpha value is -5.13. The molecule has 1 aromatic carbocycles. The van der Waals surface area contributed by atoms with Crippen LogP contribution < -0.4 is 10.1 Å². The maximum atomic E-state index is 13.3. The highest BCUT2D eigenvalue weighted by atomic mass is 16.6. The first-order chi connectivity index (χ1) is 20.2. The second kappa shape index (κ2) is 15.0. The molecule has 1 saturated heterocycles. The lowest BCUT2D eigenvalue weighted by atomic mass is 10.1. The van der Waals surface area contributed by atoms with Crippen LogP contribution in [0.4, 0.5) is 4.79 Å². The number of aromatic nitrogens is 2. The van der Waals surface area contributed by atoms with Crippen molar-refractivity contribution in [1.82, 2.24) is 24.9 Å². The van der Waals surface area contributed by atoms with Crippen LogP contribution >= 0.6 is 0 Å². The summed E-state index contributed by atoms with van der Waals surface area (Å²) in [5.41, 5.74) is 0.495. The molecule has 1 aliphatic rings. The van der Waals surface area contributed by atoms with Crippen LogP contribution in [0.25, 0.3) is 5.69 Å². The van der Waals surface area contributed by atoms with Gasteiger partial charge in [-0.05, 0) is 38.5 Å². The molecule has 2 aromatic rings. The van der Waals surface area contributed by atoms with Crippen molar-refractivity contribution >= 4 is 29.8 Å². The lowest BCUT2D eigenvalue weighted by molar-refractivity contribution is -0.145. The van der Waals surface area contributed by atoms with Crippen molar-refractivity contribution in [2.45, 2.75) is 32.7 Å². The molecule has 0 radical (unpaired) electrons. The van der Waals surface area contributed by atoms with Gasteiger partial charge in [0.05, 0.1) is 30.5 Å². The maximum Gasteiger partial charge on any atom is 0.409 e. The number of amides is 3. The number of carboxylic acid groups (broad SMARTS) is 1. The summed E-state index contributed by atoms with van der Waals surface area (Å²) in [6.07, 6.45) is -1.06. The molecule has 15 nitrogen and oxygen atoms in total. The Balaban J connectivity index is 1.81. The first kappa shape index (κ1) is 31.4. The van der Waals surface area contributed by atoms with Gasteiger partial charge in [-0.2, -0.15) is 10.4 Å². The van der Waals surface area contributed by atoms with Crippen molar-refractivity contribution in [1.29, 1.82) is 5.26 Å². The van der Waals surface area contributed by atoms with E-state index in [1.807, 2.05) is 6.07 Å². The van der Waals surface area contributed by atoms with Crippen LogP contribution in [0.3, 0.4) is 0 Å². The number of aliphatic carboxylic acids is 1. The minimum Gasteiger partial charge on any atom is -0.481 e. The van der Waals surface area contributed by atoms with E-state index >= 15 is 0 Å². The number of hydrogen-bond acceptors (Lipinski definition) is 10. The summed E-state index contributed by atoms with van der Waals surface area (Å²) in [6, 6.07) is 8.36. The molecule has 0 spiro atoms. The predicted molar refractivity (Wildman–Crippen MR) is 144 cm³/mol. The molecule has 0 bridgehead atoms. The molecule has 0 saturated carbocycles. The quantitative estimate of drug-likeness (QED) is 0.337. The Morgan fingerprint density at radius 1 is 1.05 bits per heavy atom. The van der Waals surface area contributed by atoms with E-state index in [4.69, 9.17) is 14.2 Å². The Bertz CT molecular complexity index is 1340. The fraction of sp³-hybridized carbons (Fsp3) is 0.444. The summed E-state index contributed by atoms with van der Waals surface area (Å²) in [5.74, 6) is -3.10. The number of benzene rings is 1. The van der Waals surface area contributed by atoms with E-state index in [9.17, 15) is 34.3 Å². The molecular formula is C27H32N6O9. The van der Waals surface area contributed by atoms with Gasteiger partial charge in [0.15, 0.2) is 12.3 Å². The molecular weight excluding hydrogens is 552 g/mol. The molecule has 3 rings (SSSR count). The fourth-order valence-electron chi connectivity index (χ4n) is 4.11. The number of nitrogens with one attached hydrogen (secondary N) is 1. The van der Waals surface area contributed by atoms with Crippen LogP contribution in [0.1, 0.15) is 42.7 Å². The SMILES string of the molecule is CCOC(=O)COc1cc(C(=O)N[C@@H](CCC(=O)O)C(=O)N2CCN(C(=O)OCC)CC2)nn1-c1cccc(C#N)c1. The van der Waals surface area contributed by atoms with Gasteiger partial charge < -0.3 is 34.4 Å². The Kier molecular flexibility index (Phi) is 11.2. The molecule has 0 aliphatic carbocycles. The maximum absolute atomic E-state index is 13.3. The third-order valence-electron chi connectivity index (χ3n) is 6.14. The summed E-state index contributed by atoms with van der Waals surface area (Å²) < 4.78 is 16.6. The number of nitriles is 1. The largest absolute Gasteiger partial charge is 0.481 e. The third kappa shape index (κ3) is 8.43. The zero-order valence-corrected chi connectivity index (χ0v) is 23.3. The van der Waals surface area contributed by atoms with E-state index in [2.05, 4.69) is 10.4 Å². The monoisotopic (exact) mass is 584 g/mol. The van der Waals surface area contributed by atoms with E-state index in [1.165, 1.54) is 26.6 Å². The predicted octanol–water partition coefficient (Wildman–Crippen LogP) is 0.950. The highest BCUT2D eigenvalue weighted by Gasteiger charge is 2.31. The summed E-state index contributed by atoms with van der Waals surface area (Å²) in [5, 5.41) is 25.3. The van der Waals surface area contributed by atoms with Gasteiger partial charge in [-0.25, -0.2) is 14.3 Å². The fourth-order valence-corrected chi connectivity index (χ4v) is 4.11. The lowest BCUT2D eigenvalue weighted by Gasteiger charge is -2.35. The molecule has 224 valence electrons. The number of carbonyl (C=O) groups is 5. The molecule has 1 atom stereocenters. The number of ether oxygens (including phenoxy) is 3. The van der Waals surface area contributed by atoms with Crippen molar-refractivity contribution in [2.24, 2.45) is 0 Å². The molecule has 15 heteroatoms. The van der Waals surface area contributed by atoms with Gasteiger partial charge in [-0.3, -0.25) is 14.4 Å². The Morgan fingerprint density at radius 2 is 1.74 bits per heavy atom. The van der Waals surface area contributed by atoms with E-state index < -0.39 is 42.5 Å². The smallest absolute Gasteiger partial charge is 0.409 e. The minimum absolute atomic E-state index is 0.00760. The lowest BCUT2D eigenvalue weighted by Crippen LogP contribution is -2.56. The zero-order chi connectivity index (χ0) is 30.6. The van der Waals surface area contributed by atoms with E-state index in [0.29, 0.717) is 11.3 Å². The summed E-state index contributed by atoms with van der Waals surface area (Å²) in [4.78, 5) is 64.7. The molecule has 0 unspecified atom stereocenters. The number of nitrogens with zero attached hydrogens (tertiary/aromatic N) is 5. The first-order valence-electron chi connectivity index (χ1n) is 13.3. The van der Waals surface area contributed by atoms with Crippen LogP contribution in [0.15, 0.2) is 30.3 Å². The number of carboxylic acids is 1. The van der Waals surface area contributed by atoms with Gasteiger partial charge in [-0.1, -0.05) is 6.07 Å². The standard InChI is InChI=1S/C27H32N6O9/c1-3-40-24(36)17-42-22-15-21(30-33(22)19-7-5-6-18(14-19)16-28)25(37)29-20(8-9-23(34)35)26(38)31-10-12-32(13-11-31)27(39)41-4-2/h5-7,14-15,20H,3-4,8-13,17H2,1-2H3,(H,29,37)(H,34,35)/t20-/m0/s1. The molecule has 1 aromatic heterocycles. The van der Waals surface area contributed by atoms with Crippen molar-refractivity contribution in [3.05, 3.63) is 41.6 Å². The number of carbonyl (C=O) groups excluding carboxylic acids is 4.